The predicted octanol–water partition coefficient (Wildman–Crippen LogP) is 3.31. The number of carbonyl (C=O) groups excluding carboxylic acids is 1. The van der Waals surface area contributed by atoms with Crippen molar-refractivity contribution in [1.29, 1.82) is 0 Å². The lowest BCUT2D eigenvalue weighted by molar-refractivity contribution is -0.137. The van der Waals surface area contributed by atoms with Gasteiger partial charge in [0.25, 0.3) is 0 Å². The van der Waals surface area contributed by atoms with E-state index in [1.165, 1.54) is 29.3 Å². The van der Waals surface area contributed by atoms with Gasteiger partial charge in [0.1, 0.15) is 12.7 Å². The Hall–Kier alpha value is -3.97. The highest BCUT2D eigenvalue weighted by atomic mass is 19.4. The van der Waals surface area contributed by atoms with Crippen molar-refractivity contribution < 1.29 is 32.9 Å². The van der Waals surface area contributed by atoms with Gasteiger partial charge in [-0.05, 0) is 31.0 Å². The van der Waals surface area contributed by atoms with Gasteiger partial charge in [-0.1, -0.05) is 12.1 Å². The fourth-order valence-corrected chi connectivity index (χ4v) is 4.52. The number of carbonyl (C=O) groups is 1. The molecule has 10 nitrogen and oxygen atoms in total. The van der Waals surface area contributed by atoms with Crippen LogP contribution in [0.15, 0.2) is 48.8 Å². The van der Waals surface area contributed by atoms with Crippen molar-refractivity contribution in [3.63, 3.8) is 0 Å². The minimum Gasteiger partial charge on any atom is -0.475 e. The molecule has 0 unspecified atom stereocenters. The lowest BCUT2D eigenvalue weighted by atomic mass is 10.0. The molecular weight excluding hydrogens is 505 g/mol. The van der Waals surface area contributed by atoms with Crippen LogP contribution in [-0.2, 0) is 6.18 Å². The lowest BCUT2D eigenvalue weighted by Gasteiger charge is -2.45. The number of fused-ring (bicyclic) bond motifs is 4. The van der Waals surface area contributed by atoms with E-state index in [0.717, 1.165) is 31.5 Å². The molecule has 0 saturated carbocycles. The summed E-state index contributed by atoms with van der Waals surface area (Å²) in [5.41, 5.74) is 0.408. The minimum absolute atomic E-state index is 0.0852. The van der Waals surface area contributed by atoms with Gasteiger partial charge in [-0.3, -0.25) is 4.90 Å². The van der Waals surface area contributed by atoms with E-state index in [1.807, 2.05) is 0 Å². The first-order valence-electron chi connectivity index (χ1n) is 12.0. The van der Waals surface area contributed by atoms with E-state index >= 15 is 0 Å². The SMILES string of the molecule is O=C(Nc1ccc(OC[C@@H](O)CO)nc1)N1c2nc(-c3cccc(C(F)(F)F)c3)ncc2N2CCC[C@H]1C2. The van der Waals surface area contributed by atoms with Crippen molar-refractivity contribution in [2.24, 2.45) is 0 Å². The number of nitrogens with one attached hydrogen (secondary N) is 1. The van der Waals surface area contributed by atoms with Crippen LogP contribution >= 0.6 is 0 Å². The summed E-state index contributed by atoms with van der Waals surface area (Å²) in [5, 5.41) is 21.1. The van der Waals surface area contributed by atoms with E-state index in [-0.39, 0.29) is 29.9 Å². The molecule has 2 amide bonds. The number of hydrogen-bond donors (Lipinski definition) is 3. The van der Waals surface area contributed by atoms with Gasteiger partial charge in [0.05, 0.1) is 42.0 Å². The van der Waals surface area contributed by atoms with Gasteiger partial charge in [0, 0.05) is 24.7 Å². The summed E-state index contributed by atoms with van der Waals surface area (Å²) < 4.78 is 45.1. The van der Waals surface area contributed by atoms with Crippen molar-refractivity contribution in [2.75, 3.05) is 41.4 Å². The molecule has 3 aromatic rings. The number of halogens is 3. The Morgan fingerprint density at radius 2 is 2.05 bits per heavy atom. The number of amides is 2. The first-order chi connectivity index (χ1) is 18.2. The van der Waals surface area contributed by atoms with Gasteiger partial charge < -0.3 is 25.2 Å². The molecule has 200 valence electrons. The molecule has 0 aliphatic carbocycles. The van der Waals surface area contributed by atoms with Crippen molar-refractivity contribution in [3.8, 4) is 17.3 Å². The maximum atomic E-state index is 13.5. The number of piperidine rings is 1. The zero-order valence-electron chi connectivity index (χ0n) is 20.1. The Bertz CT molecular complexity index is 1310. The van der Waals surface area contributed by atoms with Crippen molar-refractivity contribution >= 4 is 23.2 Å². The van der Waals surface area contributed by atoms with Crippen LogP contribution < -0.4 is 19.9 Å². The van der Waals surface area contributed by atoms with Gasteiger partial charge >= 0.3 is 12.2 Å². The molecule has 1 saturated heterocycles. The van der Waals surface area contributed by atoms with Gasteiger partial charge in [0.15, 0.2) is 11.6 Å². The molecule has 13 heteroatoms. The molecule has 2 atom stereocenters. The van der Waals surface area contributed by atoms with Crippen LogP contribution in [0.2, 0.25) is 0 Å². The van der Waals surface area contributed by atoms with Crippen LogP contribution in [0.5, 0.6) is 5.88 Å². The molecule has 2 bridgehead atoms. The predicted molar refractivity (Wildman–Crippen MR) is 132 cm³/mol. The molecule has 3 N–H and O–H groups in total. The third-order valence-electron chi connectivity index (χ3n) is 6.37. The van der Waals surface area contributed by atoms with Gasteiger partial charge in [-0.2, -0.15) is 13.2 Å². The number of pyridine rings is 1. The summed E-state index contributed by atoms with van der Waals surface area (Å²) in [7, 11) is 0. The highest BCUT2D eigenvalue weighted by Crippen LogP contribution is 2.39. The molecule has 2 aliphatic heterocycles. The van der Waals surface area contributed by atoms with Gasteiger partial charge in [-0.25, -0.2) is 19.7 Å². The quantitative estimate of drug-likeness (QED) is 0.444. The minimum atomic E-state index is -4.51. The molecule has 0 radical (unpaired) electrons. The third kappa shape index (κ3) is 5.34. The number of hydrogen-bond acceptors (Lipinski definition) is 8. The van der Waals surface area contributed by atoms with Crippen LogP contribution in [0.3, 0.4) is 0 Å². The first kappa shape index (κ1) is 25.7. The Labute approximate surface area is 215 Å². The van der Waals surface area contributed by atoms with Crippen LogP contribution in [0, 0.1) is 0 Å². The maximum absolute atomic E-state index is 13.5. The van der Waals surface area contributed by atoms with E-state index in [4.69, 9.17) is 9.84 Å². The van der Waals surface area contributed by atoms with Crippen LogP contribution in [0.1, 0.15) is 18.4 Å². The molecular formula is C25H25F3N6O4. The Morgan fingerprint density at radius 1 is 1.21 bits per heavy atom. The largest absolute Gasteiger partial charge is 0.475 e. The smallest absolute Gasteiger partial charge is 0.416 e. The number of urea groups is 1. The molecule has 1 fully saturated rings. The van der Waals surface area contributed by atoms with E-state index in [1.54, 1.807) is 12.3 Å². The fraction of sp³-hybridized carbons (Fsp3) is 0.360. The number of rotatable bonds is 6. The Kier molecular flexibility index (Phi) is 7.04. The summed E-state index contributed by atoms with van der Waals surface area (Å²) in [5.74, 6) is 0.619. The van der Waals surface area contributed by atoms with E-state index < -0.39 is 30.5 Å². The number of alkyl halides is 3. The summed E-state index contributed by atoms with van der Waals surface area (Å²) in [6.45, 7) is 0.779. The molecule has 4 heterocycles. The highest BCUT2D eigenvalue weighted by molar-refractivity contribution is 6.04. The lowest BCUT2D eigenvalue weighted by Crippen LogP contribution is -2.56. The number of anilines is 3. The Morgan fingerprint density at radius 3 is 2.79 bits per heavy atom. The van der Waals surface area contributed by atoms with E-state index in [0.29, 0.717) is 23.7 Å². The number of aliphatic hydroxyl groups excluding tert-OH is 2. The third-order valence-corrected chi connectivity index (χ3v) is 6.37. The van der Waals surface area contributed by atoms with Crippen LogP contribution in [-0.4, -0.2) is 69.6 Å². The number of nitrogens with zero attached hydrogens (tertiary/aromatic N) is 5. The number of aliphatic hydroxyl groups is 2. The monoisotopic (exact) mass is 530 g/mol. The van der Waals surface area contributed by atoms with E-state index in [2.05, 4.69) is 25.2 Å². The van der Waals surface area contributed by atoms with Crippen molar-refractivity contribution in [3.05, 3.63) is 54.4 Å². The average molecular weight is 531 g/mol. The summed E-state index contributed by atoms with van der Waals surface area (Å²) >= 11 is 0. The molecule has 0 spiro atoms. The zero-order chi connectivity index (χ0) is 26.9. The Balaban J connectivity index is 1.41. The summed E-state index contributed by atoms with van der Waals surface area (Å²) in [6, 6.07) is 7.22. The number of ether oxygens (including phenoxy) is 1. The molecule has 38 heavy (non-hydrogen) atoms. The van der Waals surface area contributed by atoms with Crippen LogP contribution in [0.25, 0.3) is 11.4 Å². The second kappa shape index (κ2) is 10.4. The highest BCUT2D eigenvalue weighted by Gasteiger charge is 2.39. The van der Waals surface area contributed by atoms with Gasteiger partial charge in [-0.15, -0.1) is 0 Å². The van der Waals surface area contributed by atoms with E-state index in [9.17, 15) is 23.1 Å². The van der Waals surface area contributed by atoms with Crippen molar-refractivity contribution in [1.82, 2.24) is 15.0 Å². The van der Waals surface area contributed by atoms with Crippen LogP contribution in [0.4, 0.5) is 35.2 Å². The first-order valence-corrected chi connectivity index (χ1v) is 12.0. The molecule has 5 rings (SSSR count). The second-order valence-electron chi connectivity index (χ2n) is 9.06. The molecule has 2 aromatic heterocycles. The number of benzene rings is 1. The normalized spacial score (nSPS) is 17.6. The average Bonchev–Trinajstić information content (AvgIpc) is 2.92. The standard InChI is InChI=1S/C25H25F3N6O4/c26-25(27,28)16-4-1-3-15(9-16)22-30-11-20-23(32-22)34(18-5-2-8-33(20)12-18)24(37)31-17-6-7-21(29-10-17)38-14-19(36)13-35/h1,3-4,6-7,9-11,18-19,35-36H,2,5,8,12-14H2,(H,31,37)/t18-,19-/m0/s1. The second-order valence-corrected chi connectivity index (χ2v) is 9.06. The van der Waals surface area contributed by atoms with Crippen molar-refractivity contribution in [2.45, 2.75) is 31.2 Å². The zero-order valence-corrected chi connectivity index (χ0v) is 20.1. The van der Waals surface area contributed by atoms with Gasteiger partial charge in [0.2, 0.25) is 5.88 Å². The summed E-state index contributed by atoms with van der Waals surface area (Å²) in [4.78, 5) is 30.1. The molecule has 2 aliphatic rings. The summed E-state index contributed by atoms with van der Waals surface area (Å²) in [6.07, 6.45) is -1.00. The topological polar surface area (TPSA) is 124 Å². The maximum Gasteiger partial charge on any atom is 0.416 e. The molecule has 1 aromatic carbocycles. The fourth-order valence-electron chi connectivity index (χ4n) is 4.52. The number of aromatic nitrogens is 3.